The Kier molecular flexibility index (Phi) is 5.36. The number of carbonyl (C=O) groups excluding carboxylic acids is 1. The first-order valence-electron chi connectivity index (χ1n) is 10.4. The largest absolute Gasteiger partial charge is 0.507 e. The summed E-state index contributed by atoms with van der Waals surface area (Å²) >= 11 is 0. The van der Waals surface area contributed by atoms with Crippen LogP contribution in [0.15, 0.2) is 60.9 Å². The monoisotopic (exact) mass is 435 g/mol. The van der Waals surface area contributed by atoms with Gasteiger partial charge in [-0.1, -0.05) is 12.1 Å². The number of carbonyl (C=O) groups is 1. The molecule has 0 saturated carbocycles. The zero-order valence-electron chi connectivity index (χ0n) is 17.2. The minimum Gasteiger partial charge on any atom is -0.507 e. The van der Waals surface area contributed by atoms with Gasteiger partial charge in [-0.15, -0.1) is 0 Å². The van der Waals surface area contributed by atoms with Crippen LogP contribution in [0.3, 0.4) is 0 Å². The van der Waals surface area contributed by atoms with Crippen LogP contribution in [-0.2, 0) is 0 Å². The lowest BCUT2D eigenvalue weighted by Crippen LogP contribution is -2.38. The highest BCUT2D eigenvalue weighted by Crippen LogP contribution is 2.43. The van der Waals surface area contributed by atoms with Crippen LogP contribution < -0.4 is 14.8 Å². The molecule has 7 nitrogen and oxygen atoms in total. The Bertz CT molecular complexity index is 1140. The van der Waals surface area contributed by atoms with E-state index in [-0.39, 0.29) is 30.2 Å². The predicted molar refractivity (Wildman–Crippen MR) is 114 cm³/mol. The molecule has 2 aromatic carbocycles. The Balaban J connectivity index is 1.40. The summed E-state index contributed by atoms with van der Waals surface area (Å²) in [5, 5.41) is 13.7. The normalized spacial score (nSPS) is 18.5. The van der Waals surface area contributed by atoms with Crippen molar-refractivity contribution in [2.75, 3.05) is 19.9 Å². The smallest absolute Gasteiger partial charge is 0.254 e. The number of phenols is 1. The minimum absolute atomic E-state index is 0.0325. The van der Waals surface area contributed by atoms with Gasteiger partial charge in [-0.2, -0.15) is 0 Å². The van der Waals surface area contributed by atoms with Crippen LogP contribution in [0.25, 0.3) is 0 Å². The lowest BCUT2D eigenvalue weighted by Gasteiger charge is -2.29. The van der Waals surface area contributed by atoms with Gasteiger partial charge < -0.3 is 19.9 Å². The van der Waals surface area contributed by atoms with E-state index in [2.05, 4.69) is 15.2 Å². The molecule has 8 heteroatoms. The molecular formula is C24H22FN3O4. The van der Waals surface area contributed by atoms with Gasteiger partial charge in [0.2, 0.25) is 6.79 Å². The van der Waals surface area contributed by atoms with Crippen molar-refractivity contribution in [3.8, 4) is 17.2 Å². The number of nitrogens with zero attached hydrogens (tertiary/aromatic N) is 2. The van der Waals surface area contributed by atoms with Crippen LogP contribution in [0.1, 0.15) is 33.9 Å². The third-order valence-corrected chi connectivity index (χ3v) is 5.88. The molecule has 2 aliphatic heterocycles. The fourth-order valence-electron chi connectivity index (χ4n) is 4.35. The van der Waals surface area contributed by atoms with Crippen LogP contribution in [0.2, 0.25) is 0 Å². The van der Waals surface area contributed by atoms with E-state index in [1.807, 2.05) is 12.1 Å². The summed E-state index contributed by atoms with van der Waals surface area (Å²) < 4.78 is 24.9. The quantitative estimate of drug-likeness (QED) is 0.640. The molecule has 1 fully saturated rings. The minimum atomic E-state index is -0.542. The third kappa shape index (κ3) is 3.85. The molecule has 32 heavy (non-hydrogen) atoms. The van der Waals surface area contributed by atoms with Gasteiger partial charge in [0.25, 0.3) is 5.91 Å². The van der Waals surface area contributed by atoms with E-state index < -0.39 is 11.7 Å². The number of hydrogen-bond donors (Lipinski definition) is 2. The molecule has 164 valence electrons. The lowest BCUT2D eigenvalue weighted by molar-refractivity contribution is 0.0932. The summed E-state index contributed by atoms with van der Waals surface area (Å²) in [4.78, 5) is 18.9. The summed E-state index contributed by atoms with van der Waals surface area (Å²) in [5.41, 5.74) is 1.67. The average Bonchev–Trinajstić information content (AvgIpc) is 3.44. The second-order valence-electron chi connectivity index (χ2n) is 7.88. The van der Waals surface area contributed by atoms with Crippen molar-refractivity contribution < 1.29 is 23.8 Å². The zero-order valence-corrected chi connectivity index (χ0v) is 17.2. The van der Waals surface area contributed by atoms with Crippen molar-refractivity contribution >= 4 is 5.91 Å². The number of aromatic hydroxyl groups is 1. The van der Waals surface area contributed by atoms with Crippen LogP contribution >= 0.6 is 0 Å². The Hall–Kier alpha value is -3.65. The second kappa shape index (κ2) is 8.47. The maximum Gasteiger partial charge on any atom is 0.254 e. The van der Waals surface area contributed by atoms with E-state index in [9.17, 15) is 14.3 Å². The van der Waals surface area contributed by atoms with Gasteiger partial charge in [0, 0.05) is 43.2 Å². The molecule has 0 bridgehead atoms. The van der Waals surface area contributed by atoms with Crippen LogP contribution in [0.5, 0.6) is 17.2 Å². The fourth-order valence-corrected chi connectivity index (χ4v) is 4.35. The Morgan fingerprint density at radius 2 is 1.91 bits per heavy atom. The molecule has 1 saturated heterocycles. The number of benzene rings is 2. The molecule has 1 aromatic heterocycles. The van der Waals surface area contributed by atoms with E-state index in [0.29, 0.717) is 36.6 Å². The van der Waals surface area contributed by atoms with Gasteiger partial charge in [-0.05, 0) is 42.3 Å². The zero-order chi connectivity index (χ0) is 22.1. The van der Waals surface area contributed by atoms with Crippen molar-refractivity contribution in [2.24, 2.45) is 0 Å². The molecule has 3 heterocycles. The van der Waals surface area contributed by atoms with E-state index in [1.165, 1.54) is 12.1 Å². The number of amides is 1. The van der Waals surface area contributed by atoms with Gasteiger partial charge in [0.15, 0.2) is 11.5 Å². The first-order valence-corrected chi connectivity index (χ1v) is 10.4. The molecule has 0 spiro atoms. The van der Waals surface area contributed by atoms with Gasteiger partial charge in [-0.25, -0.2) is 4.39 Å². The van der Waals surface area contributed by atoms with E-state index >= 15 is 0 Å². The average molecular weight is 435 g/mol. The van der Waals surface area contributed by atoms with Crippen LogP contribution in [0.4, 0.5) is 4.39 Å². The number of ether oxygens (including phenoxy) is 2. The number of fused-ring (bicyclic) bond motifs is 1. The van der Waals surface area contributed by atoms with Crippen LogP contribution in [0, 0.1) is 5.82 Å². The van der Waals surface area contributed by atoms with E-state index in [1.54, 1.807) is 36.7 Å². The maximum absolute atomic E-state index is 14.0. The first-order chi connectivity index (χ1) is 15.6. The van der Waals surface area contributed by atoms with Crippen molar-refractivity contribution in [2.45, 2.75) is 18.5 Å². The highest BCUT2D eigenvalue weighted by molar-refractivity contribution is 5.94. The number of nitrogens with one attached hydrogen (secondary N) is 1. The number of aromatic nitrogens is 1. The predicted octanol–water partition coefficient (Wildman–Crippen LogP) is 3.25. The molecule has 1 amide bonds. The number of pyridine rings is 1. The molecule has 3 aromatic rings. The summed E-state index contributed by atoms with van der Waals surface area (Å²) in [5.74, 6) is 0.229. The summed E-state index contributed by atoms with van der Waals surface area (Å²) in [6.07, 6.45) is 4.12. The fraction of sp³-hybridized carbons (Fsp3) is 0.250. The Morgan fingerprint density at radius 1 is 1.16 bits per heavy atom. The number of likely N-dealkylation sites (tertiary alicyclic amines) is 1. The van der Waals surface area contributed by atoms with Gasteiger partial charge in [-0.3, -0.25) is 14.7 Å². The topological polar surface area (TPSA) is 83.9 Å². The summed E-state index contributed by atoms with van der Waals surface area (Å²) in [6.45, 7) is 1.34. The van der Waals surface area contributed by atoms with Crippen LogP contribution in [-0.4, -0.2) is 46.8 Å². The van der Waals surface area contributed by atoms with Gasteiger partial charge in [0.05, 0.1) is 11.6 Å². The maximum atomic E-state index is 14.0. The molecule has 5 rings (SSSR count). The molecular weight excluding hydrogens is 413 g/mol. The standard InChI is InChI=1S/C24H22FN3O4/c25-19-4-2-1-3-17(19)24(30)27-16-7-10-28(13-16)23(15-5-8-26-9-6-15)18-11-21-22(12-20(18)29)32-14-31-21/h1-6,8-9,11-12,16,23,29H,7,10,13-14H2,(H,27,30)/t16-,23?/m1/s1. The Labute approximate surface area is 184 Å². The number of hydrogen-bond acceptors (Lipinski definition) is 6. The highest BCUT2D eigenvalue weighted by Gasteiger charge is 2.34. The molecule has 0 aliphatic carbocycles. The molecule has 1 unspecified atom stereocenters. The summed E-state index contributed by atoms with van der Waals surface area (Å²) in [7, 11) is 0. The van der Waals surface area contributed by atoms with Crippen molar-refractivity contribution in [1.29, 1.82) is 0 Å². The summed E-state index contributed by atoms with van der Waals surface area (Å²) in [6, 6.07) is 12.7. The molecule has 2 atom stereocenters. The third-order valence-electron chi connectivity index (χ3n) is 5.88. The van der Waals surface area contributed by atoms with Gasteiger partial charge >= 0.3 is 0 Å². The lowest BCUT2D eigenvalue weighted by atomic mass is 9.96. The number of phenolic OH excluding ortho intramolecular Hbond substituents is 1. The highest BCUT2D eigenvalue weighted by atomic mass is 19.1. The molecule has 0 radical (unpaired) electrons. The molecule has 2 N–H and O–H groups in total. The Morgan fingerprint density at radius 3 is 2.69 bits per heavy atom. The van der Waals surface area contributed by atoms with Crippen molar-refractivity contribution in [3.05, 3.63) is 83.4 Å². The second-order valence-corrected chi connectivity index (χ2v) is 7.88. The van der Waals surface area contributed by atoms with E-state index in [4.69, 9.17) is 9.47 Å². The number of halogens is 1. The SMILES string of the molecule is O=C(N[C@@H]1CCN(C(c2ccncc2)c2cc3c(cc2O)OCO3)C1)c1ccccc1F. The molecule has 2 aliphatic rings. The first kappa shape index (κ1) is 20.3. The van der Waals surface area contributed by atoms with Gasteiger partial charge in [0.1, 0.15) is 11.6 Å². The number of rotatable bonds is 5. The van der Waals surface area contributed by atoms with Crippen molar-refractivity contribution in [1.82, 2.24) is 15.2 Å². The van der Waals surface area contributed by atoms with E-state index in [0.717, 1.165) is 5.56 Å². The van der Waals surface area contributed by atoms with Crippen molar-refractivity contribution in [3.63, 3.8) is 0 Å².